The highest BCUT2D eigenvalue weighted by Gasteiger charge is 2.10. The van der Waals surface area contributed by atoms with Gasteiger partial charge in [-0.3, -0.25) is 0 Å². The van der Waals surface area contributed by atoms with Crippen molar-refractivity contribution in [3.05, 3.63) is 27.7 Å². The number of aryl methyl sites for hydroxylation is 1. The van der Waals surface area contributed by atoms with Crippen LogP contribution in [-0.2, 0) is 11.3 Å². The second-order valence-electron chi connectivity index (χ2n) is 5.51. The molecule has 0 aliphatic carbocycles. The average molecular weight is 344 g/mol. The molecule has 4 heteroatoms. The third-order valence-electron chi connectivity index (χ3n) is 2.80. The van der Waals surface area contributed by atoms with E-state index in [1.54, 1.807) is 0 Å². The van der Waals surface area contributed by atoms with Crippen molar-refractivity contribution in [3.8, 4) is 5.75 Å². The van der Waals surface area contributed by atoms with Gasteiger partial charge in [-0.15, -0.1) is 0 Å². The van der Waals surface area contributed by atoms with Gasteiger partial charge in [0.15, 0.2) is 0 Å². The topological polar surface area (TPSA) is 30.5 Å². The van der Waals surface area contributed by atoms with E-state index in [4.69, 9.17) is 9.47 Å². The Morgan fingerprint density at radius 2 is 1.85 bits per heavy atom. The molecule has 1 aromatic rings. The summed E-state index contributed by atoms with van der Waals surface area (Å²) in [6, 6.07) is 4.64. The second-order valence-corrected chi connectivity index (χ2v) is 6.43. The van der Waals surface area contributed by atoms with Gasteiger partial charge in [-0.1, -0.05) is 29.8 Å². The molecule has 1 N–H and O–H groups in total. The molecule has 20 heavy (non-hydrogen) atoms. The molecule has 0 fully saturated rings. The lowest BCUT2D eigenvalue weighted by molar-refractivity contribution is 0.0549. The van der Waals surface area contributed by atoms with Gasteiger partial charge >= 0.3 is 0 Å². The highest BCUT2D eigenvalue weighted by Crippen LogP contribution is 2.28. The van der Waals surface area contributed by atoms with Crippen LogP contribution in [0.3, 0.4) is 0 Å². The van der Waals surface area contributed by atoms with E-state index in [1.807, 2.05) is 13.8 Å². The van der Waals surface area contributed by atoms with Crippen molar-refractivity contribution in [2.24, 2.45) is 0 Å². The Bertz CT molecular complexity index is 419. The summed E-state index contributed by atoms with van der Waals surface area (Å²) < 4.78 is 12.5. The lowest BCUT2D eigenvalue weighted by atomic mass is 10.1. The van der Waals surface area contributed by atoms with Crippen LogP contribution in [0.4, 0.5) is 0 Å². The molecule has 0 atom stereocenters. The van der Waals surface area contributed by atoms with Crippen LogP contribution in [0, 0.1) is 6.92 Å². The first kappa shape index (κ1) is 17.5. The maximum Gasteiger partial charge on any atom is 0.126 e. The van der Waals surface area contributed by atoms with Crippen LogP contribution in [0.25, 0.3) is 0 Å². The Hall–Kier alpha value is -0.580. The van der Waals surface area contributed by atoms with Gasteiger partial charge in [0.1, 0.15) is 12.4 Å². The minimum atomic E-state index is 0.242. The predicted octanol–water partition coefficient (Wildman–Crippen LogP) is 4.06. The summed E-state index contributed by atoms with van der Waals surface area (Å²) in [5.41, 5.74) is 2.32. The molecule has 0 radical (unpaired) electrons. The third kappa shape index (κ3) is 6.25. The maximum absolute atomic E-state index is 5.92. The fraction of sp³-hybridized carbons (Fsp3) is 0.625. The van der Waals surface area contributed by atoms with Crippen LogP contribution in [0.1, 0.15) is 38.8 Å². The van der Waals surface area contributed by atoms with Gasteiger partial charge in [0, 0.05) is 22.6 Å². The zero-order chi connectivity index (χ0) is 15.1. The number of nitrogens with one attached hydrogen (secondary N) is 1. The van der Waals surface area contributed by atoms with Crippen molar-refractivity contribution in [2.45, 2.75) is 53.3 Å². The second kappa shape index (κ2) is 8.65. The lowest BCUT2D eigenvalue weighted by Crippen LogP contribution is -2.22. The molecule has 1 aromatic carbocycles. The molecule has 0 aliphatic rings. The normalized spacial score (nSPS) is 11.4. The Labute approximate surface area is 131 Å². The van der Waals surface area contributed by atoms with Gasteiger partial charge in [-0.05, 0) is 38.5 Å². The Kier molecular flexibility index (Phi) is 7.56. The predicted molar refractivity (Wildman–Crippen MR) is 87.4 cm³/mol. The smallest absolute Gasteiger partial charge is 0.126 e. The molecule has 0 unspecified atom stereocenters. The molecule has 0 amide bonds. The van der Waals surface area contributed by atoms with Gasteiger partial charge < -0.3 is 14.8 Å². The van der Waals surface area contributed by atoms with E-state index in [0.29, 0.717) is 19.3 Å². The Balaban J connectivity index is 2.71. The maximum atomic E-state index is 5.92. The number of hydrogen-bond donors (Lipinski definition) is 1. The van der Waals surface area contributed by atoms with Crippen molar-refractivity contribution < 1.29 is 9.47 Å². The van der Waals surface area contributed by atoms with Crippen molar-refractivity contribution >= 4 is 15.9 Å². The molecule has 0 aliphatic heterocycles. The van der Waals surface area contributed by atoms with Gasteiger partial charge in [-0.25, -0.2) is 0 Å². The molecular formula is C16H26BrNO2. The number of ether oxygens (including phenoxy) is 2. The zero-order valence-corrected chi connectivity index (χ0v) is 14.7. The first-order valence-electron chi connectivity index (χ1n) is 7.17. The highest BCUT2D eigenvalue weighted by molar-refractivity contribution is 9.10. The first-order chi connectivity index (χ1) is 9.40. The molecule has 1 rings (SSSR count). The molecule has 3 nitrogen and oxygen atoms in total. The summed E-state index contributed by atoms with van der Waals surface area (Å²) in [6.45, 7) is 12.4. The average Bonchev–Trinajstić information content (AvgIpc) is 2.33. The lowest BCUT2D eigenvalue weighted by Gasteiger charge is -2.17. The monoisotopic (exact) mass is 343 g/mol. The fourth-order valence-corrected chi connectivity index (χ4v) is 2.50. The van der Waals surface area contributed by atoms with E-state index < -0.39 is 0 Å². The van der Waals surface area contributed by atoms with Gasteiger partial charge in [-0.2, -0.15) is 0 Å². The molecule has 114 valence electrons. The fourth-order valence-electron chi connectivity index (χ4n) is 1.88. The van der Waals surface area contributed by atoms with Crippen LogP contribution >= 0.6 is 15.9 Å². The highest BCUT2D eigenvalue weighted by atomic mass is 79.9. The molecular weight excluding hydrogens is 318 g/mol. The summed E-state index contributed by atoms with van der Waals surface area (Å²) in [4.78, 5) is 0. The number of rotatable bonds is 8. The zero-order valence-electron chi connectivity index (χ0n) is 13.1. The molecule has 0 spiro atoms. The van der Waals surface area contributed by atoms with E-state index in [2.05, 4.69) is 54.2 Å². The van der Waals surface area contributed by atoms with Crippen LogP contribution in [-0.4, -0.2) is 25.4 Å². The van der Waals surface area contributed by atoms with Crippen molar-refractivity contribution in [1.82, 2.24) is 5.32 Å². The number of halogens is 1. The molecule has 0 heterocycles. The number of hydrogen-bond acceptors (Lipinski definition) is 3. The summed E-state index contributed by atoms with van der Waals surface area (Å²) in [5, 5.41) is 3.43. The summed E-state index contributed by atoms with van der Waals surface area (Å²) >= 11 is 3.55. The Morgan fingerprint density at radius 1 is 1.15 bits per heavy atom. The SMILES string of the molecule is Cc1cc(Br)cc(CNC(C)C)c1OCCOC(C)C. The minimum Gasteiger partial charge on any atom is -0.491 e. The van der Waals surface area contributed by atoms with E-state index in [1.165, 1.54) is 5.56 Å². The van der Waals surface area contributed by atoms with E-state index in [-0.39, 0.29) is 6.10 Å². The van der Waals surface area contributed by atoms with Gasteiger partial charge in [0.05, 0.1) is 12.7 Å². The van der Waals surface area contributed by atoms with Crippen LogP contribution in [0.2, 0.25) is 0 Å². The van der Waals surface area contributed by atoms with E-state index in [0.717, 1.165) is 22.3 Å². The van der Waals surface area contributed by atoms with Crippen molar-refractivity contribution in [3.63, 3.8) is 0 Å². The van der Waals surface area contributed by atoms with Crippen LogP contribution in [0.5, 0.6) is 5.75 Å². The van der Waals surface area contributed by atoms with E-state index >= 15 is 0 Å². The molecule has 0 saturated carbocycles. The summed E-state index contributed by atoms with van der Waals surface area (Å²) in [5.74, 6) is 0.966. The van der Waals surface area contributed by atoms with E-state index in [9.17, 15) is 0 Å². The molecule has 0 saturated heterocycles. The van der Waals surface area contributed by atoms with Crippen molar-refractivity contribution in [1.29, 1.82) is 0 Å². The minimum absolute atomic E-state index is 0.242. The molecule has 0 bridgehead atoms. The van der Waals surface area contributed by atoms with Crippen molar-refractivity contribution in [2.75, 3.05) is 13.2 Å². The quantitative estimate of drug-likeness (QED) is 0.722. The van der Waals surface area contributed by atoms with Gasteiger partial charge in [0.25, 0.3) is 0 Å². The standard InChI is InChI=1S/C16H26BrNO2/c1-11(2)18-10-14-9-15(17)8-13(5)16(14)20-7-6-19-12(3)4/h8-9,11-12,18H,6-7,10H2,1-5H3. The summed E-state index contributed by atoms with van der Waals surface area (Å²) in [6.07, 6.45) is 0.242. The Morgan fingerprint density at radius 3 is 2.45 bits per heavy atom. The first-order valence-corrected chi connectivity index (χ1v) is 7.96. The third-order valence-corrected chi connectivity index (χ3v) is 3.26. The van der Waals surface area contributed by atoms with Crippen LogP contribution in [0.15, 0.2) is 16.6 Å². The summed E-state index contributed by atoms with van der Waals surface area (Å²) in [7, 11) is 0. The molecule has 0 aromatic heterocycles. The number of benzene rings is 1. The van der Waals surface area contributed by atoms with Gasteiger partial charge in [0.2, 0.25) is 0 Å². The largest absolute Gasteiger partial charge is 0.491 e. The van der Waals surface area contributed by atoms with Crippen LogP contribution < -0.4 is 10.1 Å².